The summed E-state index contributed by atoms with van der Waals surface area (Å²) in [5.41, 5.74) is 1.23. The Kier molecular flexibility index (Phi) is 6.72. The second kappa shape index (κ2) is 8.55. The average Bonchev–Trinajstić information content (AvgIpc) is 2.54. The van der Waals surface area contributed by atoms with Crippen molar-refractivity contribution in [3.63, 3.8) is 0 Å². The van der Waals surface area contributed by atoms with Crippen LogP contribution in [0.5, 0.6) is 5.75 Å². The Morgan fingerprint density at radius 3 is 2.83 bits per heavy atom. The van der Waals surface area contributed by atoms with Crippen molar-refractivity contribution >= 4 is 17.5 Å². The van der Waals surface area contributed by atoms with Gasteiger partial charge in [0.1, 0.15) is 5.75 Å². The third kappa shape index (κ3) is 6.04. The van der Waals surface area contributed by atoms with Crippen LogP contribution in [-0.2, 0) is 4.79 Å². The van der Waals surface area contributed by atoms with E-state index in [1.54, 1.807) is 0 Å². The molecule has 128 valence electrons. The molecule has 1 amide bonds. The van der Waals surface area contributed by atoms with E-state index in [4.69, 9.17) is 16.3 Å². The van der Waals surface area contributed by atoms with E-state index >= 15 is 0 Å². The number of halogens is 1. The van der Waals surface area contributed by atoms with Crippen molar-refractivity contribution in [1.82, 2.24) is 10.6 Å². The minimum absolute atomic E-state index is 0.112. The van der Waals surface area contributed by atoms with Crippen LogP contribution < -0.4 is 15.4 Å². The van der Waals surface area contributed by atoms with Crippen LogP contribution >= 0.6 is 11.6 Å². The number of benzene rings is 1. The van der Waals surface area contributed by atoms with Crippen LogP contribution in [0, 0.1) is 12.3 Å². The fourth-order valence-corrected chi connectivity index (χ4v) is 2.85. The van der Waals surface area contributed by atoms with Gasteiger partial charge < -0.3 is 15.4 Å². The SMILES string of the molecule is Cc1cc(OCCCC(=O)NCC2(C)CCNCC2)ccc1Cl. The molecule has 1 aliphatic rings. The molecule has 1 aromatic carbocycles. The van der Waals surface area contributed by atoms with Gasteiger partial charge in [-0.25, -0.2) is 0 Å². The molecule has 4 nitrogen and oxygen atoms in total. The summed E-state index contributed by atoms with van der Waals surface area (Å²) in [5, 5.41) is 7.16. The maximum Gasteiger partial charge on any atom is 0.220 e. The van der Waals surface area contributed by atoms with E-state index in [0.717, 1.165) is 48.8 Å². The van der Waals surface area contributed by atoms with Gasteiger partial charge in [0.15, 0.2) is 0 Å². The Morgan fingerprint density at radius 1 is 1.39 bits per heavy atom. The summed E-state index contributed by atoms with van der Waals surface area (Å²) in [6.45, 7) is 7.59. The molecule has 5 heteroatoms. The molecular weight excluding hydrogens is 312 g/mol. The second-order valence-corrected chi connectivity index (χ2v) is 7.11. The van der Waals surface area contributed by atoms with Gasteiger partial charge >= 0.3 is 0 Å². The predicted octanol–water partition coefficient (Wildman–Crippen LogP) is 3.31. The lowest BCUT2D eigenvalue weighted by Crippen LogP contribution is -2.42. The lowest BCUT2D eigenvalue weighted by molar-refractivity contribution is -0.121. The van der Waals surface area contributed by atoms with Crippen molar-refractivity contribution in [2.75, 3.05) is 26.2 Å². The molecule has 1 aliphatic heterocycles. The molecule has 0 saturated carbocycles. The lowest BCUT2D eigenvalue weighted by Gasteiger charge is -2.34. The monoisotopic (exact) mass is 338 g/mol. The summed E-state index contributed by atoms with van der Waals surface area (Å²) in [6, 6.07) is 5.60. The molecule has 1 fully saturated rings. The maximum absolute atomic E-state index is 11.9. The van der Waals surface area contributed by atoms with E-state index in [9.17, 15) is 4.79 Å². The molecule has 0 bridgehead atoms. The van der Waals surface area contributed by atoms with Crippen molar-refractivity contribution < 1.29 is 9.53 Å². The van der Waals surface area contributed by atoms with E-state index in [2.05, 4.69) is 17.6 Å². The van der Waals surface area contributed by atoms with Gasteiger partial charge in [-0.2, -0.15) is 0 Å². The number of amides is 1. The van der Waals surface area contributed by atoms with Gasteiger partial charge in [0.2, 0.25) is 5.91 Å². The van der Waals surface area contributed by atoms with E-state index < -0.39 is 0 Å². The molecule has 2 N–H and O–H groups in total. The highest BCUT2D eigenvalue weighted by Crippen LogP contribution is 2.26. The molecule has 2 rings (SSSR count). The Morgan fingerprint density at radius 2 is 2.13 bits per heavy atom. The Balaban J connectivity index is 1.62. The van der Waals surface area contributed by atoms with Gasteiger partial charge in [0.05, 0.1) is 6.61 Å². The topological polar surface area (TPSA) is 50.4 Å². The zero-order valence-corrected chi connectivity index (χ0v) is 14.8. The van der Waals surface area contributed by atoms with E-state index in [1.807, 2.05) is 25.1 Å². The highest BCUT2D eigenvalue weighted by molar-refractivity contribution is 6.31. The summed E-state index contributed by atoms with van der Waals surface area (Å²) in [5.74, 6) is 0.912. The molecule has 1 aromatic rings. The normalized spacial score (nSPS) is 16.8. The minimum atomic E-state index is 0.112. The zero-order chi connectivity index (χ0) is 16.7. The van der Waals surface area contributed by atoms with Gasteiger partial charge in [-0.05, 0) is 68.5 Å². The molecule has 0 unspecified atom stereocenters. The number of hydrogen-bond acceptors (Lipinski definition) is 3. The number of aryl methyl sites for hydroxylation is 1. The fourth-order valence-electron chi connectivity index (χ4n) is 2.74. The Bertz CT molecular complexity index is 528. The van der Waals surface area contributed by atoms with Gasteiger partial charge in [0.25, 0.3) is 0 Å². The first-order chi connectivity index (χ1) is 11.0. The summed E-state index contributed by atoms with van der Waals surface area (Å²) >= 11 is 5.98. The smallest absolute Gasteiger partial charge is 0.220 e. The number of piperidine rings is 1. The second-order valence-electron chi connectivity index (χ2n) is 6.70. The molecule has 0 atom stereocenters. The maximum atomic E-state index is 11.9. The van der Waals surface area contributed by atoms with Crippen molar-refractivity contribution in [1.29, 1.82) is 0 Å². The molecule has 0 aromatic heterocycles. The number of rotatable bonds is 7. The summed E-state index contributed by atoms with van der Waals surface area (Å²) in [4.78, 5) is 11.9. The van der Waals surface area contributed by atoms with E-state index in [0.29, 0.717) is 19.4 Å². The first-order valence-electron chi connectivity index (χ1n) is 8.35. The third-order valence-corrected chi connectivity index (χ3v) is 4.89. The van der Waals surface area contributed by atoms with E-state index in [1.165, 1.54) is 0 Å². The molecule has 0 spiro atoms. The Labute approximate surface area is 143 Å². The first kappa shape index (κ1) is 18.1. The summed E-state index contributed by atoms with van der Waals surface area (Å²) in [6.07, 6.45) is 3.45. The van der Waals surface area contributed by atoms with Crippen LogP contribution in [0.2, 0.25) is 5.02 Å². The highest BCUT2D eigenvalue weighted by atomic mass is 35.5. The summed E-state index contributed by atoms with van der Waals surface area (Å²) in [7, 11) is 0. The number of carbonyl (C=O) groups is 1. The minimum Gasteiger partial charge on any atom is -0.494 e. The largest absolute Gasteiger partial charge is 0.494 e. The molecule has 0 radical (unpaired) electrons. The van der Waals surface area contributed by atoms with Crippen LogP contribution in [0.1, 0.15) is 38.2 Å². The zero-order valence-electron chi connectivity index (χ0n) is 14.1. The lowest BCUT2D eigenvalue weighted by atomic mass is 9.81. The highest BCUT2D eigenvalue weighted by Gasteiger charge is 2.26. The van der Waals surface area contributed by atoms with Crippen molar-refractivity contribution in [2.45, 2.75) is 39.5 Å². The van der Waals surface area contributed by atoms with Gasteiger partial charge in [-0.1, -0.05) is 18.5 Å². The van der Waals surface area contributed by atoms with Crippen LogP contribution in [0.3, 0.4) is 0 Å². The van der Waals surface area contributed by atoms with E-state index in [-0.39, 0.29) is 11.3 Å². The van der Waals surface area contributed by atoms with Gasteiger partial charge in [0, 0.05) is 18.0 Å². The van der Waals surface area contributed by atoms with Crippen LogP contribution in [0.4, 0.5) is 0 Å². The summed E-state index contributed by atoms with van der Waals surface area (Å²) < 4.78 is 5.66. The molecule has 23 heavy (non-hydrogen) atoms. The van der Waals surface area contributed by atoms with Crippen molar-refractivity contribution in [3.8, 4) is 5.75 Å². The van der Waals surface area contributed by atoms with Crippen molar-refractivity contribution in [3.05, 3.63) is 28.8 Å². The van der Waals surface area contributed by atoms with Gasteiger partial charge in [-0.3, -0.25) is 4.79 Å². The molecule has 1 saturated heterocycles. The number of hydrogen-bond donors (Lipinski definition) is 2. The number of nitrogens with one attached hydrogen (secondary N) is 2. The van der Waals surface area contributed by atoms with Crippen LogP contribution in [-0.4, -0.2) is 32.1 Å². The molecular formula is C18H27ClN2O2. The third-order valence-electron chi connectivity index (χ3n) is 4.47. The van der Waals surface area contributed by atoms with Crippen LogP contribution in [0.25, 0.3) is 0 Å². The quantitative estimate of drug-likeness (QED) is 0.750. The molecule has 1 heterocycles. The first-order valence-corrected chi connectivity index (χ1v) is 8.73. The average molecular weight is 339 g/mol. The standard InChI is InChI=1S/C18H27ClN2O2/c1-14-12-15(5-6-16(14)19)23-11-3-4-17(22)21-13-18(2)7-9-20-10-8-18/h5-6,12,20H,3-4,7-11,13H2,1-2H3,(H,21,22). The number of ether oxygens (including phenoxy) is 1. The Hall–Kier alpha value is -1.26. The predicted molar refractivity (Wildman–Crippen MR) is 94.1 cm³/mol. The fraction of sp³-hybridized carbons (Fsp3) is 0.611. The number of carbonyl (C=O) groups excluding carboxylic acids is 1. The van der Waals surface area contributed by atoms with Gasteiger partial charge in [-0.15, -0.1) is 0 Å². The molecule has 0 aliphatic carbocycles. The van der Waals surface area contributed by atoms with Crippen LogP contribution in [0.15, 0.2) is 18.2 Å². The van der Waals surface area contributed by atoms with Crippen molar-refractivity contribution in [2.24, 2.45) is 5.41 Å².